The van der Waals surface area contributed by atoms with Crippen LogP contribution in [0.5, 0.6) is 5.75 Å². The van der Waals surface area contributed by atoms with E-state index < -0.39 is 0 Å². The van der Waals surface area contributed by atoms with Gasteiger partial charge in [0.15, 0.2) is 0 Å². The van der Waals surface area contributed by atoms with Crippen molar-refractivity contribution in [2.45, 2.75) is 0 Å². The Labute approximate surface area is 75.9 Å². The molecule has 1 aromatic carbocycles. The maximum atomic E-state index is 5.70. The average Bonchev–Trinajstić information content (AvgIpc) is 1.85. The van der Waals surface area contributed by atoms with Crippen LogP contribution in [0.3, 0.4) is 0 Å². The monoisotopic (exact) mass is 189 g/mol. The van der Waals surface area contributed by atoms with Gasteiger partial charge in [-0.2, -0.15) is 0 Å². The minimum atomic E-state index is 0.372. The van der Waals surface area contributed by atoms with E-state index in [0.717, 1.165) is 0 Å². The molecule has 0 aliphatic rings. The largest absolute Gasteiger partial charge is 0.493 e. The first-order chi connectivity index (χ1) is 5.22. The van der Waals surface area contributed by atoms with E-state index in [2.05, 4.69) is 6.92 Å². The smallest absolute Gasteiger partial charge is 0.122 e. The molecule has 0 spiro atoms. The van der Waals surface area contributed by atoms with E-state index in [-0.39, 0.29) is 0 Å². The number of halogens is 2. The Morgan fingerprint density at radius 3 is 2.18 bits per heavy atom. The predicted molar refractivity (Wildman–Crippen MR) is 47.3 cm³/mol. The molecule has 3 heteroatoms. The highest BCUT2D eigenvalue weighted by Gasteiger charge is 1.96. The fraction of sp³-hybridized carbons (Fsp3) is 0.125. The third-order valence-electron chi connectivity index (χ3n) is 1.10. The Kier molecular flexibility index (Phi) is 3.03. The topological polar surface area (TPSA) is 9.23 Å². The number of ether oxygens (including phenoxy) is 1. The lowest BCUT2D eigenvalue weighted by Gasteiger charge is -2.02. The number of benzene rings is 1. The lowest BCUT2D eigenvalue weighted by Crippen LogP contribution is -1.90. The molecular weight excluding hydrogens is 183 g/mol. The summed E-state index contributed by atoms with van der Waals surface area (Å²) in [6.07, 6.45) is 0. The maximum Gasteiger partial charge on any atom is 0.122 e. The number of rotatable bonds is 2. The van der Waals surface area contributed by atoms with Crippen LogP contribution in [-0.2, 0) is 0 Å². The van der Waals surface area contributed by atoms with E-state index in [0.29, 0.717) is 22.4 Å². The fourth-order valence-corrected chi connectivity index (χ4v) is 1.24. The molecule has 0 aromatic heterocycles. The van der Waals surface area contributed by atoms with Gasteiger partial charge in [0.25, 0.3) is 0 Å². The van der Waals surface area contributed by atoms with Crippen molar-refractivity contribution < 1.29 is 4.74 Å². The minimum Gasteiger partial charge on any atom is -0.493 e. The third kappa shape index (κ3) is 2.60. The quantitative estimate of drug-likeness (QED) is 0.695. The Morgan fingerprint density at radius 2 is 1.73 bits per heavy atom. The summed E-state index contributed by atoms with van der Waals surface area (Å²) in [7, 11) is 0. The summed E-state index contributed by atoms with van der Waals surface area (Å²) in [5, 5.41) is 1.14. The van der Waals surface area contributed by atoms with Crippen LogP contribution in [0.15, 0.2) is 18.2 Å². The van der Waals surface area contributed by atoms with Crippen LogP contribution in [0.4, 0.5) is 0 Å². The van der Waals surface area contributed by atoms with Crippen molar-refractivity contribution in [3.63, 3.8) is 0 Å². The van der Waals surface area contributed by atoms with E-state index in [4.69, 9.17) is 27.9 Å². The summed E-state index contributed by atoms with van der Waals surface area (Å²) in [6.45, 7) is 3.90. The standard InChI is InChI=1S/C8H7Cl2O/c1-2-11-8-4-6(9)3-7(10)5-8/h3-5H,1-2H2. The highest BCUT2D eigenvalue weighted by molar-refractivity contribution is 6.34. The molecule has 0 aliphatic heterocycles. The zero-order valence-corrected chi connectivity index (χ0v) is 7.32. The van der Waals surface area contributed by atoms with Crippen LogP contribution in [0.25, 0.3) is 0 Å². The molecule has 59 valence electrons. The van der Waals surface area contributed by atoms with Gasteiger partial charge in [0.2, 0.25) is 0 Å². The van der Waals surface area contributed by atoms with Crippen molar-refractivity contribution in [1.29, 1.82) is 0 Å². The normalized spacial score (nSPS) is 9.73. The van der Waals surface area contributed by atoms with Gasteiger partial charge in [-0.1, -0.05) is 23.2 Å². The van der Waals surface area contributed by atoms with Crippen molar-refractivity contribution in [2.75, 3.05) is 6.61 Å². The molecule has 0 fully saturated rings. The Hall–Kier alpha value is -0.400. The second-order valence-corrected chi connectivity index (χ2v) is 2.83. The second kappa shape index (κ2) is 3.84. The van der Waals surface area contributed by atoms with Crippen molar-refractivity contribution >= 4 is 23.2 Å². The van der Waals surface area contributed by atoms with Crippen LogP contribution in [0, 0.1) is 6.92 Å². The highest BCUT2D eigenvalue weighted by atomic mass is 35.5. The molecule has 1 aromatic rings. The molecule has 11 heavy (non-hydrogen) atoms. The van der Waals surface area contributed by atoms with Crippen LogP contribution >= 0.6 is 23.2 Å². The minimum absolute atomic E-state index is 0.372. The van der Waals surface area contributed by atoms with E-state index >= 15 is 0 Å². The van der Waals surface area contributed by atoms with Gasteiger partial charge in [-0.05, 0) is 25.1 Å². The lowest BCUT2D eigenvalue weighted by molar-refractivity contribution is 0.361. The van der Waals surface area contributed by atoms with Crippen LogP contribution in [0.1, 0.15) is 0 Å². The maximum absolute atomic E-state index is 5.70. The molecule has 0 aliphatic carbocycles. The molecule has 0 saturated carbocycles. The zero-order valence-electron chi connectivity index (χ0n) is 5.81. The second-order valence-electron chi connectivity index (χ2n) is 1.95. The first kappa shape index (κ1) is 8.69. The Bertz CT molecular complexity index is 228. The summed E-state index contributed by atoms with van der Waals surface area (Å²) in [5.41, 5.74) is 0. The molecule has 0 atom stereocenters. The fourth-order valence-electron chi connectivity index (χ4n) is 0.730. The first-order valence-corrected chi connectivity index (χ1v) is 3.86. The van der Waals surface area contributed by atoms with Gasteiger partial charge in [-0.25, -0.2) is 0 Å². The average molecular weight is 190 g/mol. The molecule has 0 heterocycles. The van der Waals surface area contributed by atoms with Gasteiger partial charge in [0.05, 0.1) is 6.61 Å². The summed E-state index contributed by atoms with van der Waals surface area (Å²) < 4.78 is 5.09. The molecule has 0 amide bonds. The SMILES string of the molecule is [CH2]COc1cc(Cl)cc(Cl)c1. The van der Waals surface area contributed by atoms with Gasteiger partial charge in [-0.15, -0.1) is 0 Å². The summed E-state index contributed by atoms with van der Waals surface area (Å²) >= 11 is 11.4. The number of hydrogen-bond acceptors (Lipinski definition) is 1. The van der Waals surface area contributed by atoms with Gasteiger partial charge < -0.3 is 4.74 Å². The Balaban J connectivity index is 2.89. The molecular formula is C8H7Cl2O. The van der Waals surface area contributed by atoms with E-state index in [1.54, 1.807) is 18.2 Å². The van der Waals surface area contributed by atoms with Crippen LogP contribution in [0.2, 0.25) is 10.0 Å². The highest BCUT2D eigenvalue weighted by Crippen LogP contribution is 2.23. The van der Waals surface area contributed by atoms with Gasteiger partial charge in [-0.3, -0.25) is 0 Å². The molecule has 1 radical (unpaired) electrons. The van der Waals surface area contributed by atoms with Crippen molar-refractivity contribution in [3.05, 3.63) is 35.2 Å². The van der Waals surface area contributed by atoms with Crippen molar-refractivity contribution in [3.8, 4) is 5.75 Å². The van der Waals surface area contributed by atoms with Crippen molar-refractivity contribution in [1.82, 2.24) is 0 Å². The van der Waals surface area contributed by atoms with Crippen LogP contribution in [-0.4, -0.2) is 6.61 Å². The molecule has 1 nitrogen and oxygen atoms in total. The lowest BCUT2D eigenvalue weighted by atomic mass is 10.3. The summed E-state index contributed by atoms with van der Waals surface area (Å²) in [6, 6.07) is 5.04. The Morgan fingerprint density at radius 1 is 1.18 bits per heavy atom. The zero-order chi connectivity index (χ0) is 8.27. The van der Waals surface area contributed by atoms with E-state index in [1.807, 2.05) is 0 Å². The van der Waals surface area contributed by atoms with Crippen molar-refractivity contribution in [2.24, 2.45) is 0 Å². The molecule has 0 unspecified atom stereocenters. The van der Waals surface area contributed by atoms with Crippen LogP contribution < -0.4 is 4.74 Å². The molecule has 1 rings (SSSR count). The molecule has 0 bridgehead atoms. The summed E-state index contributed by atoms with van der Waals surface area (Å²) in [4.78, 5) is 0. The van der Waals surface area contributed by atoms with Gasteiger partial charge in [0.1, 0.15) is 5.75 Å². The molecule has 0 N–H and O–H groups in total. The summed E-state index contributed by atoms with van der Waals surface area (Å²) in [5.74, 6) is 0.650. The van der Waals surface area contributed by atoms with Gasteiger partial charge in [0, 0.05) is 10.0 Å². The van der Waals surface area contributed by atoms with E-state index in [9.17, 15) is 0 Å². The third-order valence-corrected chi connectivity index (χ3v) is 1.54. The first-order valence-electron chi connectivity index (χ1n) is 3.10. The number of hydrogen-bond donors (Lipinski definition) is 0. The molecule has 0 saturated heterocycles. The predicted octanol–water partition coefficient (Wildman–Crippen LogP) is 3.21. The van der Waals surface area contributed by atoms with Gasteiger partial charge >= 0.3 is 0 Å². The van der Waals surface area contributed by atoms with E-state index in [1.165, 1.54) is 0 Å².